The molecule has 3 atom stereocenters. The zero-order chi connectivity index (χ0) is 25.0. The minimum absolute atomic E-state index is 0.0406. The summed E-state index contributed by atoms with van der Waals surface area (Å²) in [6, 6.07) is 3.03. The number of unbranched alkanes of at least 4 members (excludes halogenated alkanes) is 1. The normalized spacial score (nSPS) is 13.6. The lowest BCUT2D eigenvalue weighted by Gasteiger charge is -2.22. The van der Waals surface area contributed by atoms with Gasteiger partial charge in [0.1, 0.15) is 17.8 Å². The molecular weight excluding hydrogens is 430 g/mol. The van der Waals surface area contributed by atoms with E-state index in [1.165, 1.54) is 12.1 Å². The Morgan fingerprint density at radius 1 is 0.970 bits per heavy atom. The maximum Gasteiger partial charge on any atom is 0.326 e. The molecule has 0 fully saturated rings. The fourth-order valence-electron chi connectivity index (χ4n) is 2.93. The number of nitrogens with one attached hydrogen (secondary N) is 3. The average Bonchev–Trinajstić information content (AvgIpc) is 2.76. The van der Waals surface area contributed by atoms with E-state index in [2.05, 4.69) is 16.0 Å². The lowest BCUT2D eigenvalue weighted by molar-refractivity contribution is -0.142. The number of carbonyl (C=O) groups excluding carboxylic acids is 3. The Morgan fingerprint density at radius 2 is 1.61 bits per heavy atom. The van der Waals surface area contributed by atoms with Gasteiger partial charge in [-0.3, -0.25) is 14.4 Å². The van der Waals surface area contributed by atoms with Crippen molar-refractivity contribution in [2.24, 2.45) is 17.4 Å². The summed E-state index contributed by atoms with van der Waals surface area (Å²) in [5, 5.41) is 26.3. The number of carboxylic acids is 1. The summed E-state index contributed by atoms with van der Waals surface area (Å²) in [5.41, 5.74) is 11.8. The average molecular weight is 466 g/mol. The molecule has 1 rings (SSSR count). The summed E-state index contributed by atoms with van der Waals surface area (Å²) >= 11 is 0. The zero-order valence-corrected chi connectivity index (χ0v) is 19.0. The van der Waals surface area contributed by atoms with E-state index in [-0.39, 0.29) is 24.5 Å². The molecule has 9 N–H and O–H groups in total. The maximum absolute atomic E-state index is 12.9. The number of carbonyl (C=O) groups is 4. The molecule has 11 nitrogen and oxygen atoms in total. The molecule has 0 aromatic heterocycles. The van der Waals surface area contributed by atoms with Crippen LogP contribution >= 0.6 is 0 Å². The second-order valence-corrected chi connectivity index (χ2v) is 8.16. The summed E-state index contributed by atoms with van der Waals surface area (Å²) in [6.07, 6.45) is 1.38. The van der Waals surface area contributed by atoms with E-state index in [9.17, 15) is 29.4 Å². The molecule has 0 bridgehead atoms. The number of benzene rings is 1. The molecular formula is C22H35N5O6. The van der Waals surface area contributed by atoms with Gasteiger partial charge in [-0.2, -0.15) is 0 Å². The highest BCUT2D eigenvalue weighted by molar-refractivity contribution is 5.92. The van der Waals surface area contributed by atoms with Gasteiger partial charge in [-0.15, -0.1) is 0 Å². The number of hydrogen-bond acceptors (Lipinski definition) is 7. The molecule has 0 saturated carbocycles. The molecule has 0 spiro atoms. The SMILES string of the molecule is CC(C)C(N)C(=O)NCC(=O)NC(Cc1ccc(O)cc1)C(=O)NC(CCCCN)C(=O)O. The van der Waals surface area contributed by atoms with Crippen molar-refractivity contribution in [3.63, 3.8) is 0 Å². The van der Waals surface area contributed by atoms with E-state index in [4.69, 9.17) is 11.5 Å². The van der Waals surface area contributed by atoms with E-state index in [0.29, 0.717) is 24.9 Å². The van der Waals surface area contributed by atoms with E-state index in [1.807, 2.05) is 0 Å². The molecule has 0 aliphatic carbocycles. The van der Waals surface area contributed by atoms with Crippen LogP contribution in [0.3, 0.4) is 0 Å². The van der Waals surface area contributed by atoms with Gasteiger partial charge >= 0.3 is 5.97 Å². The Morgan fingerprint density at radius 3 is 2.15 bits per heavy atom. The predicted octanol–water partition coefficient (Wildman–Crippen LogP) is -0.783. The second-order valence-electron chi connectivity index (χ2n) is 8.16. The van der Waals surface area contributed by atoms with Gasteiger partial charge in [-0.25, -0.2) is 4.79 Å². The second kappa shape index (κ2) is 14.1. The maximum atomic E-state index is 12.9. The van der Waals surface area contributed by atoms with E-state index in [0.717, 1.165) is 0 Å². The van der Waals surface area contributed by atoms with E-state index < -0.39 is 48.4 Å². The van der Waals surface area contributed by atoms with E-state index in [1.54, 1.807) is 26.0 Å². The number of phenolic OH excluding ortho intramolecular Hbond substituents is 1. The number of nitrogens with two attached hydrogens (primary N) is 2. The molecule has 11 heteroatoms. The first-order chi connectivity index (χ1) is 15.5. The molecule has 1 aromatic rings. The minimum atomic E-state index is -1.19. The fraction of sp³-hybridized carbons (Fsp3) is 0.545. The first-order valence-electron chi connectivity index (χ1n) is 10.9. The molecule has 0 saturated heterocycles. The summed E-state index contributed by atoms with van der Waals surface area (Å²) in [7, 11) is 0. The van der Waals surface area contributed by atoms with Gasteiger partial charge in [0.25, 0.3) is 0 Å². The third-order valence-electron chi connectivity index (χ3n) is 5.03. The van der Waals surface area contributed by atoms with Crippen LogP contribution in [-0.2, 0) is 25.6 Å². The molecule has 184 valence electrons. The largest absolute Gasteiger partial charge is 0.508 e. The third-order valence-corrected chi connectivity index (χ3v) is 5.03. The number of rotatable bonds is 14. The van der Waals surface area contributed by atoms with Crippen LogP contribution in [0.2, 0.25) is 0 Å². The minimum Gasteiger partial charge on any atom is -0.508 e. The Kier molecular flexibility index (Phi) is 11.9. The number of hydrogen-bond donors (Lipinski definition) is 7. The Hall–Kier alpha value is -3.18. The highest BCUT2D eigenvalue weighted by Gasteiger charge is 2.27. The molecule has 1 aromatic carbocycles. The summed E-state index contributed by atoms with van der Waals surface area (Å²) in [5.74, 6) is -3.07. The quantitative estimate of drug-likeness (QED) is 0.174. The first-order valence-corrected chi connectivity index (χ1v) is 10.9. The topological polar surface area (TPSA) is 197 Å². The van der Waals surface area contributed by atoms with Crippen molar-refractivity contribution in [3.8, 4) is 5.75 Å². The molecule has 3 unspecified atom stereocenters. The van der Waals surface area contributed by atoms with Crippen LogP contribution in [0.4, 0.5) is 0 Å². The van der Waals surface area contributed by atoms with Crippen LogP contribution in [0.1, 0.15) is 38.7 Å². The summed E-state index contributed by atoms with van der Waals surface area (Å²) in [4.78, 5) is 48.8. The number of aromatic hydroxyl groups is 1. The summed E-state index contributed by atoms with van der Waals surface area (Å²) < 4.78 is 0. The van der Waals surface area contributed by atoms with Crippen molar-refractivity contribution in [2.45, 2.75) is 57.7 Å². The predicted molar refractivity (Wildman–Crippen MR) is 122 cm³/mol. The number of amides is 3. The van der Waals surface area contributed by atoms with Crippen LogP contribution in [-0.4, -0.2) is 65.1 Å². The first kappa shape index (κ1) is 27.9. The Labute approximate surface area is 193 Å². The molecule has 0 radical (unpaired) electrons. The zero-order valence-electron chi connectivity index (χ0n) is 19.0. The van der Waals surface area contributed by atoms with Crippen LogP contribution in [0.15, 0.2) is 24.3 Å². The molecule has 0 aliphatic heterocycles. The lowest BCUT2D eigenvalue weighted by Crippen LogP contribution is -2.54. The van der Waals surface area contributed by atoms with Gasteiger partial charge < -0.3 is 37.6 Å². The number of aliphatic carboxylic acids is 1. The monoisotopic (exact) mass is 465 g/mol. The van der Waals surface area contributed by atoms with Crippen molar-refractivity contribution >= 4 is 23.7 Å². The highest BCUT2D eigenvalue weighted by atomic mass is 16.4. The van der Waals surface area contributed by atoms with Crippen LogP contribution in [0.25, 0.3) is 0 Å². The molecule has 0 heterocycles. The van der Waals surface area contributed by atoms with Crippen molar-refractivity contribution in [3.05, 3.63) is 29.8 Å². The van der Waals surface area contributed by atoms with E-state index >= 15 is 0 Å². The van der Waals surface area contributed by atoms with Crippen molar-refractivity contribution < 1.29 is 29.4 Å². The number of carboxylic acid groups (broad SMARTS) is 1. The Balaban J connectivity index is 2.87. The molecule has 33 heavy (non-hydrogen) atoms. The molecule has 3 amide bonds. The number of phenols is 1. The van der Waals surface area contributed by atoms with Gasteiger partial charge in [0.05, 0.1) is 12.6 Å². The van der Waals surface area contributed by atoms with Gasteiger partial charge in [0, 0.05) is 6.42 Å². The smallest absolute Gasteiger partial charge is 0.326 e. The fourth-order valence-corrected chi connectivity index (χ4v) is 2.93. The van der Waals surface area contributed by atoms with Crippen molar-refractivity contribution in [1.82, 2.24) is 16.0 Å². The van der Waals surface area contributed by atoms with Gasteiger partial charge in [-0.1, -0.05) is 26.0 Å². The highest BCUT2D eigenvalue weighted by Crippen LogP contribution is 2.12. The van der Waals surface area contributed by atoms with Gasteiger partial charge in [0.15, 0.2) is 0 Å². The van der Waals surface area contributed by atoms with Gasteiger partial charge in [0.2, 0.25) is 17.7 Å². The lowest BCUT2D eigenvalue weighted by atomic mass is 10.0. The van der Waals surface area contributed by atoms with Crippen molar-refractivity contribution in [2.75, 3.05) is 13.1 Å². The van der Waals surface area contributed by atoms with Crippen LogP contribution < -0.4 is 27.4 Å². The van der Waals surface area contributed by atoms with Crippen LogP contribution in [0, 0.1) is 5.92 Å². The van der Waals surface area contributed by atoms with Gasteiger partial charge in [-0.05, 0) is 49.4 Å². The van der Waals surface area contributed by atoms with Crippen LogP contribution in [0.5, 0.6) is 5.75 Å². The molecule has 0 aliphatic rings. The standard InChI is InChI=1S/C22H35N5O6/c1-13(2)19(24)21(31)25-12-18(29)26-17(11-14-6-8-15(28)9-7-14)20(30)27-16(22(32)33)5-3-4-10-23/h6-9,13,16-17,19,28H,3-5,10-12,23-24H2,1-2H3,(H,25,31)(H,26,29)(H,27,30)(H,32,33). The van der Waals surface area contributed by atoms with Crippen molar-refractivity contribution in [1.29, 1.82) is 0 Å². The summed E-state index contributed by atoms with van der Waals surface area (Å²) in [6.45, 7) is 3.56. The third kappa shape index (κ3) is 10.3. The Bertz CT molecular complexity index is 799.